The number of imidazole rings is 1. The molecule has 238 valence electrons. The highest BCUT2D eigenvalue weighted by Gasteiger charge is 2.42. The molecule has 46 heavy (non-hydrogen) atoms. The zero-order valence-electron chi connectivity index (χ0n) is 26.0. The second-order valence-corrected chi connectivity index (χ2v) is 13.1. The highest BCUT2D eigenvalue weighted by atomic mass is 16.5. The number of aryl methyl sites for hydroxylation is 1. The van der Waals surface area contributed by atoms with Gasteiger partial charge in [0.15, 0.2) is 11.4 Å². The van der Waals surface area contributed by atoms with E-state index in [1.54, 1.807) is 0 Å². The summed E-state index contributed by atoms with van der Waals surface area (Å²) in [5.74, 6) is 0.628. The van der Waals surface area contributed by atoms with Crippen LogP contribution < -0.4 is 9.64 Å². The number of amides is 1. The summed E-state index contributed by atoms with van der Waals surface area (Å²) in [5, 5.41) is 11.3. The normalized spacial score (nSPS) is 24.4. The molecule has 4 atom stereocenters. The third kappa shape index (κ3) is 5.02. The largest absolute Gasteiger partial charge is 0.480 e. The highest BCUT2D eigenvalue weighted by Crippen LogP contribution is 2.39. The number of carbonyl (C=O) groups is 2. The van der Waals surface area contributed by atoms with E-state index in [0.29, 0.717) is 66.8 Å². The standard InChI is InChI=1S/C35H38N6O5/c1-21-19-39-17-16-25(21)41-26-12-8-7-11-24(26)36-35(41)45-22-18-27(34(43)44)40(20-22)33-32-31(23-10-6-9-13-28(23)46-32)37-29(38-33)14-4-2-3-5-15-30(39)42/h6-13,21-22,25,27H,2-5,14-20H2,1H3,(H,43,44)/t21-,22-,25-,27-/m0/s1. The van der Waals surface area contributed by atoms with Crippen molar-refractivity contribution in [3.05, 3.63) is 54.4 Å². The molecule has 0 unspecified atom stereocenters. The molecule has 0 radical (unpaired) electrons. The lowest BCUT2D eigenvalue weighted by molar-refractivity contribution is -0.138. The third-order valence-electron chi connectivity index (χ3n) is 9.99. The number of furan rings is 1. The van der Waals surface area contributed by atoms with Gasteiger partial charge in [-0.1, -0.05) is 44.0 Å². The fourth-order valence-corrected chi connectivity index (χ4v) is 7.67. The molecule has 1 amide bonds. The molecule has 11 heteroatoms. The smallest absolute Gasteiger partial charge is 0.326 e. The van der Waals surface area contributed by atoms with E-state index in [0.717, 1.165) is 48.5 Å². The summed E-state index contributed by atoms with van der Waals surface area (Å²) in [4.78, 5) is 44.6. The van der Waals surface area contributed by atoms with Crippen LogP contribution in [0.1, 0.15) is 63.7 Å². The summed E-state index contributed by atoms with van der Waals surface area (Å²) in [6, 6.07) is 15.4. The molecular formula is C35H38N6O5. The van der Waals surface area contributed by atoms with Gasteiger partial charge < -0.3 is 24.1 Å². The number of ether oxygens (including phenoxy) is 1. The van der Waals surface area contributed by atoms with E-state index in [2.05, 4.69) is 17.6 Å². The van der Waals surface area contributed by atoms with Crippen molar-refractivity contribution in [3.8, 4) is 6.01 Å². The first-order valence-electron chi connectivity index (χ1n) is 16.5. The number of hydrogen-bond acceptors (Lipinski definition) is 8. The first kappa shape index (κ1) is 28.8. The Kier molecular flexibility index (Phi) is 7.26. The Balaban J connectivity index is 1.23. The molecule has 2 saturated heterocycles. The van der Waals surface area contributed by atoms with Gasteiger partial charge in [-0.2, -0.15) is 4.98 Å². The lowest BCUT2D eigenvalue weighted by Gasteiger charge is -2.38. The van der Waals surface area contributed by atoms with Crippen LogP contribution in [0.15, 0.2) is 52.9 Å². The number of benzene rings is 2. The number of hydrogen-bond donors (Lipinski definition) is 1. The van der Waals surface area contributed by atoms with Gasteiger partial charge in [-0.05, 0) is 49.4 Å². The maximum atomic E-state index is 13.2. The van der Waals surface area contributed by atoms with Gasteiger partial charge in [0.2, 0.25) is 5.91 Å². The van der Waals surface area contributed by atoms with E-state index in [9.17, 15) is 14.7 Å². The predicted molar refractivity (Wildman–Crippen MR) is 173 cm³/mol. The lowest BCUT2D eigenvalue weighted by atomic mass is 9.93. The van der Waals surface area contributed by atoms with E-state index in [4.69, 9.17) is 24.1 Å². The molecule has 11 nitrogen and oxygen atoms in total. The van der Waals surface area contributed by atoms with Crippen LogP contribution in [-0.4, -0.2) is 73.2 Å². The summed E-state index contributed by atoms with van der Waals surface area (Å²) in [7, 11) is 0. The second kappa shape index (κ2) is 11.6. The molecule has 6 bridgehead atoms. The molecular weight excluding hydrogens is 584 g/mol. The van der Waals surface area contributed by atoms with Crippen molar-refractivity contribution in [1.82, 2.24) is 24.4 Å². The number of carboxylic acid groups (broad SMARTS) is 1. The lowest BCUT2D eigenvalue weighted by Crippen LogP contribution is -2.43. The number of rotatable bonds is 1. The number of para-hydroxylation sites is 3. The van der Waals surface area contributed by atoms with Crippen molar-refractivity contribution in [2.24, 2.45) is 5.92 Å². The Labute approximate surface area is 266 Å². The minimum atomic E-state index is -0.937. The number of nitrogens with zero attached hydrogens (tertiary/aromatic N) is 6. The van der Waals surface area contributed by atoms with Gasteiger partial charge in [-0.3, -0.25) is 9.36 Å². The SMILES string of the molecule is C[C@H]1CN2CC[C@@H]1n1c(nc3ccccc31)O[C@H]1C[C@@H](C(=O)O)N(C1)c1nc(nc3c1oc1ccccc13)CCCCCCC2=O. The van der Waals surface area contributed by atoms with E-state index >= 15 is 0 Å². The van der Waals surface area contributed by atoms with Gasteiger partial charge in [-0.15, -0.1) is 0 Å². The Morgan fingerprint density at radius 3 is 2.61 bits per heavy atom. The number of carboxylic acids is 1. The number of carbonyl (C=O) groups excluding carboxylic acids is 1. The zero-order valence-corrected chi connectivity index (χ0v) is 26.0. The number of aliphatic carboxylic acids is 1. The van der Waals surface area contributed by atoms with Gasteiger partial charge in [0.25, 0.3) is 6.01 Å². The molecule has 9 rings (SSSR count). The molecule has 0 spiro atoms. The van der Waals surface area contributed by atoms with Gasteiger partial charge in [0, 0.05) is 43.8 Å². The first-order valence-corrected chi connectivity index (χ1v) is 16.5. The minimum absolute atomic E-state index is 0.0874. The quantitative estimate of drug-likeness (QED) is 0.249. The van der Waals surface area contributed by atoms with Crippen LogP contribution in [0.25, 0.3) is 33.1 Å². The highest BCUT2D eigenvalue weighted by molar-refractivity contribution is 6.06. The summed E-state index contributed by atoms with van der Waals surface area (Å²) in [6.07, 6.45) is 5.47. The number of fused-ring (bicyclic) bond motifs is 12. The van der Waals surface area contributed by atoms with Crippen LogP contribution in [0.5, 0.6) is 6.01 Å². The van der Waals surface area contributed by atoms with Crippen molar-refractivity contribution in [2.45, 2.75) is 76.5 Å². The van der Waals surface area contributed by atoms with Crippen molar-refractivity contribution in [3.63, 3.8) is 0 Å². The Morgan fingerprint density at radius 1 is 0.957 bits per heavy atom. The van der Waals surface area contributed by atoms with Crippen molar-refractivity contribution < 1.29 is 23.8 Å². The van der Waals surface area contributed by atoms with Crippen molar-refractivity contribution >= 4 is 50.8 Å². The average molecular weight is 623 g/mol. The summed E-state index contributed by atoms with van der Waals surface area (Å²) >= 11 is 0. The molecule has 0 aliphatic carbocycles. The van der Waals surface area contributed by atoms with E-state index in [1.165, 1.54) is 0 Å². The Morgan fingerprint density at radius 2 is 1.76 bits per heavy atom. The number of anilines is 1. The maximum Gasteiger partial charge on any atom is 0.326 e. The topological polar surface area (TPSA) is 127 Å². The van der Waals surface area contributed by atoms with Crippen molar-refractivity contribution in [1.29, 1.82) is 0 Å². The molecule has 2 fully saturated rings. The molecule has 4 aliphatic heterocycles. The van der Waals surface area contributed by atoms with Crippen LogP contribution in [0.4, 0.5) is 5.82 Å². The molecule has 7 heterocycles. The number of aromatic nitrogens is 4. The monoisotopic (exact) mass is 622 g/mol. The molecule has 4 aliphatic rings. The fourth-order valence-electron chi connectivity index (χ4n) is 7.67. The van der Waals surface area contributed by atoms with Gasteiger partial charge >= 0.3 is 5.97 Å². The molecule has 2 aromatic carbocycles. The minimum Gasteiger partial charge on any atom is -0.480 e. The Hall–Kier alpha value is -4.67. The summed E-state index contributed by atoms with van der Waals surface area (Å²) < 4.78 is 15.2. The van der Waals surface area contributed by atoms with Gasteiger partial charge in [-0.25, -0.2) is 14.8 Å². The average Bonchev–Trinajstić information content (AvgIpc) is 3.75. The summed E-state index contributed by atoms with van der Waals surface area (Å²) in [5.41, 5.74) is 3.68. The summed E-state index contributed by atoms with van der Waals surface area (Å²) in [6.45, 7) is 3.88. The molecule has 5 aromatic rings. The van der Waals surface area contributed by atoms with Crippen LogP contribution in [0.3, 0.4) is 0 Å². The van der Waals surface area contributed by atoms with Crippen molar-refractivity contribution in [2.75, 3.05) is 24.5 Å². The predicted octanol–water partition coefficient (Wildman–Crippen LogP) is 5.75. The zero-order chi connectivity index (χ0) is 31.4. The maximum absolute atomic E-state index is 13.2. The van der Waals surface area contributed by atoms with E-state index < -0.39 is 18.1 Å². The van der Waals surface area contributed by atoms with E-state index in [1.807, 2.05) is 52.3 Å². The number of piperidine rings is 1. The van der Waals surface area contributed by atoms with Crippen LogP contribution in [-0.2, 0) is 16.0 Å². The first-order chi connectivity index (χ1) is 22.4. The third-order valence-corrected chi connectivity index (χ3v) is 9.99. The van der Waals surface area contributed by atoms with Crippen LogP contribution >= 0.6 is 0 Å². The molecule has 0 saturated carbocycles. The molecule has 1 N–H and O–H groups in total. The second-order valence-electron chi connectivity index (χ2n) is 13.1. The Bertz CT molecular complexity index is 1950. The van der Waals surface area contributed by atoms with E-state index in [-0.39, 0.29) is 24.3 Å². The van der Waals surface area contributed by atoms with Gasteiger partial charge in [0.05, 0.1) is 17.6 Å². The van der Waals surface area contributed by atoms with Crippen LogP contribution in [0, 0.1) is 5.92 Å². The van der Waals surface area contributed by atoms with Crippen LogP contribution in [0.2, 0.25) is 0 Å². The fraction of sp³-hybridized carbons (Fsp3) is 0.457. The van der Waals surface area contributed by atoms with Gasteiger partial charge in [0.1, 0.15) is 29.1 Å². The molecule has 3 aromatic heterocycles.